The van der Waals surface area contributed by atoms with Gasteiger partial charge in [0.2, 0.25) is 5.13 Å². The summed E-state index contributed by atoms with van der Waals surface area (Å²) in [4.78, 5) is 6.51. The van der Waals surface area contributed by atoms with Gasteiger partial charge in [-0.2, -0.15) is 0 Å². The summed E-state index contributed by atoms with van der Waals surface area (Å²) in [5, 5.41) is 9.17. The predicted octanol–water partition coefficient (Wildman–Crippen LogP) is 5.38. The Kier molecular flexibility index (Phi) is 4.16. The second-order valence-corrected chi connectivity index (χ2v) is 6.97. The standard InChI is InChI=1S/C15H13IN4S/c1-20(2)12-6-4-11(5-7-12)18-19-15-17-13-8-3-10(16)9-14(13)21-15/h3-9H,1-2H3. The second-order valence-electron chi connectivity index (χ2n) is 4.72. The van der Waals surface area contributed by atoms with Gasteiger partial charge in [0.05, 0.1) is 15.9 Å². The summed E-state index contributed by atoms with van der Waals surface area (Å²) < 4.78 is 2.34. The van der Waals surface area contributed by atoms with Crippen LogP contribution in [0.1, 0.15) is 0 Å². The molecular formula is C15H13IN4S. The number of rotatable bonds is 3. The molecule has 0 aliphatic rings. The van der Waals surface area contributed by atoms with E-state index in [-0.39, 0.29) is 0 Å². The van der Waals surface area contributed by atoms with E-state index in [0.717, 1.165) is 21.6 Å². The summed E-state index contributed by atoms with van der Waals surface area (Å²) in [6, 6.07) is 14.1. The minimum atomic E-state index is 0.684. The Morgan fingerprint density at radius 1 is 1.05 bits per heavy atom. The third-order valence-corrected chi connectivity index (χ3v) is 4.53. The van der Waals surface area contributed by atoms with Crippen LogP contribution in [0.4, 0.5) is 16.5 Å². The van der Waals surface area contributed by atoms with Crippen LogP contribution in [-0.2, 0) is 0 Å². The lowest BCUT2D eigenvalue weighted by molar-refractivity contribution is 1.13. The molecule has 0 saturated heterocycles. The highest BCUT2D eigenvalue weighted by atomic mass is 127. The lowest BCUT2D eigenvalue weighted by atomic mass is 10.3. The monoisotopic (exact) mass is 408 g/mol. The van der Waals surface area contributed by atoms with Crippen LogP contribution in [0.3, 0.4) is 0 Å². The molecule has 0 radical (unpaired) electrons. The van der Waals surface area contributed by atoms with Crippen molar-refractivity contribution in [1.82, 2.24) is 4.98 Å². The molecule has 0 atom stereocenters. The minimum absolute atomic E-state index is 0.684. The largest absolute Gasteiger partial charge is 0.378 e. The summed E-state index contributed by atoms with van der Waals surface area (Å²) >= 11 is 3.85. The zero-order valence-electron chi connectivity index (χ0n) is 11.6. The quantitative estimate of drug-likeness (QED) is 0.431. The van der Waals surface area contributed by atoms with E-state index in [1.54, 1.807) is 11.3 Å². The van der Waals surface area contributed by atoms with Crippen LogP contribution in [0.5, 0.6) is 0 Å². The van der Waals surface area contributed by atoms with Crippen molar-refractivity contribution in [2.24, 2.45) is 10.2 Å². The van der Waals surface area contributed by atoms with Gasteiger partial charge in [-0.25, -0.2) is 4.98 Å². The van der Waals surface area contributed by atoms with Crippen molar-refractivity contribution in [3.05, 3.63) is 46.0 Å². The number of hydrogen-bond acceptors (Lipinski definition) is 5. The number of hydrogen-bond donors (Lipinski definition) is 0. The van der Waals surface area contributed by atoms with Crippen molar-refractivity contribution in [3.63, 3.8) is 0 Å². The number of aromatic nitrogens is 1. The first-order valence-corrected chi connectivity index (χ1v) is 8.26. The van der Waals surface area contributed by atoms with Crippen LogP contribution in [0, 0.1) is 3.57 Å². The number of thiazole rings is 1. The number of halogens is 1. The van der Waals surface area contributed by atoms with Crippen LogP contribution in [0.15, 0.2) is 52.7 Å². The van der Waals surface area contributed by atoms with E-state index in [0.29, 0.717) is 5.13 Å². The molecule has 0 aliphatic carbocycles. The second kappa shape index (κ2) is 6.07. The first kappa shape index (κ1) is 14.4. The molecular weight excluding hydrogens is 395 g/mol. The molecule has 106 valence electrons. The number of benzene rings is 2. The number of fused-ring (bicyclic) bond motifs is 1. The molecule has 1 aromatic heterocycles. The molecule has 1 heterocycles. The van der Waals surface area contributed by atoms with Crippen molar-refractivity contribution in [3.8, 4) is 0 Å². The summed E-state index contributed by atoms with van der Waals surface area (Å²) in [5.41, 5.74) is 2.94. The van der Waals surface area contributed by atoms with E-state index in [9.17, 15) is 0 Å². The molecule has 0 saturated carbocycles. The van der Waals surface area contributed by atoms with Gasteiger partial charge in [0, 0.05) is 23.4 Å². The van der Waals surface area contributed by atoms with E-state index in [1.165, 1.54) is 3.57 Å². The maximum absolute atomic E-state index is 4.46. The lowest BCUT2D eigenvalue weighted by Gasteiger charge is -2.11. The first-order valence-electron chi connectivity index (χ1n) is 6.37. The zero-order valence-corrected chi connectivity index (χ0v) is 14.6. The predicted molar refractivity (Wildman–Crippen MR) is 97.3 cm³/mol. The Bertz CT molecular complexity index is 793. The molecule has 0 N–H and O–H groups in total. The van der Waals surface area contributed by atoms with E-state index < -0.39 is 0 Å². The van der Waals surface area contributed by atoms with Gasteiger partial charge in [0.15, 0.2) is 0 Å². The molecule has 4 nitrogen and oxygen atoms in total. The summed E-state index contributed by atoms with van der Waals surface area (Å²) in [6.45, 7) is 0. The van der Waals surface area contributed by atoms with Crippen LogP contribution in [0.2, 0.25) is 0 Å². The smallest absolute Gasteiger partial charge is 0.231 e. The van der Waals surface area contributed by atoms with Crippen molar-refractivity contribution >= 4 is 60.7 Å². The van der Waals surface area contributed by atoms with Crippen LogP contribution in [0.25, 0.3) is 10.2 Å². The molecule has 0 fully saturated rings. The number of azo groups is 1. The third-order valence-electron chi connectivity index (χ3n) is 2.96. The SMILES string of the molecule is CN(C)c1ccc(N=Nc2nc3ccc(I)cc3s2)cc1. The van der Waals surface area contributed by atoms with Gasteiger partial charge >= 0.3 is 0 Å². The normalized spacial score (nSPS) is 11.4. The highest BCUT2D eigenvalue weighted by molar-refractivity contribution is 14.1. The number of nitrogens with zero attached hydrogens (tertiary/aromatic N) is 4. The topological polar surface area (TPSA) is 40.9 Å². The van der Waals surface area contributed by atoms with Gasteiger partial charge in [0.1, 0.15) is 0 Å². The van der Waals surface area contributed by atoms with Gasteiger partial charge in [0.25, 0.3) is 0 Å². The van der Waals surface area contributed by atoms with Gasteiger partial charge in [-0.15, -0.1) is 10.2 Å². The van der Waals surface area contributed by atoms with Gasteiger partial charge in [-0.3, -0.25) is 0 Å². The molecule has 0 aliphatic heterocycles. The molecule has 0 amide bonds. The highest BCUT2D eigenvalue weighted by Gasteiger charge is 2.03. The van der Waals surface area contributed by atoms with Gasteiger partial charge in [-0.1, -0.05) is 11.3 Å². The molecule has 6 heteroatoms. The molecule has 0 spiro atoms. The fourth-order valence-electron chi connectivity index (χ4n) is 1.85. The average molecular weight is 408 g/mol. The zero-order chi connectivity index (χ0) is 14.8. The molecule has 0 bridgehead atoms. The molecule has 0 unspecified atom stereocenters. The minimum Gasteiger partial charge on any atom is -0.378 e. The molecule has 2 aromatic carbocycles. The van der Waals surface area contributed by atoms with Crippen molar-refractivity contribution in [1.29, 1.82) is 0 Å². The Labute approximate surface area is 140 Å². The van der Waals surface area contributed by atoms with Gasteiger partial charge in [-0.05, 0) is 65.1 Å². The van der Waals surface area contributed by atoms with E-state index in [4.69, 9.17) is 0 Å². The molecule has 3 aromatic rings. The third kappa shape index (κ3) is 3.38. The summed E-state index contributed by atoms with van der Waals surface area (Å²) in [6.07, 6.45) is 0. The Morgan fingerprint density at radius 2 is 1.81 bits per heavy atom. The van der Waals surface area contributed by atoms with E-state index in [1.807, 2.05) is 50.5 Å². The lowest BCUT2D eigenvalue weighted by Crippen LogP contribution is -2.07. The first-order chi connectivity index (χ1) is 10.1. The van der Waals surface area contributed by atoms with Crippen LogP contribution >= 0.6 is 33.9 Å². The molecule has 21 heavy (non-hydrogen) atoms. The Hall–Kier alpha value is -1.54. The van der Waals surface area contributed by atoms with Gasteiger partial charge < -0.3 is 4.90 Å². The van der Waals surface area contributed by atoms with Crippen molar-refractivity contribution in [2.45, 2.75) is 0 Å². The maximum Gasteiger partial charge on any atom is 0.231 e. The number of anilines is 1. The van der Waals surface area contributed by atoms with Crippen molar-refractivity contribution < 1.29 is 0 Å². The molecule has 3 rings (SSSR count). The Balaban J connectivity index is 1.83. The Morgan fingerprint density at radius 3 is 2.52 bits per heavy atom. The van der Waals surface area contributed by atoms with Crippen molar-refractivity contribution in [2.75, 3.05) is 19.0 Å². The highest BCUT2D eigenvalue weighted by Crippen LogP contribution is 2.30. The maximum atomic E-state index is 4.46. The van der Waals surface area contributed by atoms with E-state index >= 15 is 0 Å². The van der Waals surface area contributed by atoms with Crippen LogP contribution < -0.4 is 4.90 Å². The fraction of sp³-hybridized carbons (Fsp3) is 0.133. The summed E-state index contributed by atoms with van der Waals surface area (Å²) in [5.74, 6) is 0. The van der Waals surface area contributed by atoms with Crippen LogP contribution in [-0.4, -0.2) is 19.1 Å². The fourth-order valence-corrected chi connectivity index (χ4v) is 3.38. The average Bonchev–Trinajstić information content (AvgIpc) is 2.87. The van der Waals surface area contributed by atoms with E-state index in [2.05, 4.69) is 48.8 Å². The summed E-state index contributed by atoms with van der Waals surface area (Å²) in [7, 11) is 4.03.